The molecule has 3 aromatic rings. The zero-order valence-corrected chi connectivity index (χ0v) is 21.4. The number of hydrazone groups is 1. The predicted octanol–water partition coefficient (Wildman–Crippen LogP) is 2.08. The van der Waals surface area contributed by atoms with Crippen molar-refractivity contribution in [1.29, 1.82) is 0 Å². The lowest BCUT2D eigenvalue weighted by Crippen LogP contribution is -2.26. The summed E-state index contributed by atoms with van der Waals surface area (Å²) in [6.45, 7) is 9.69. The van der Waals surface area contributed by atoms with E-state index in [1.54, 1.807) is 36.3 Å². The van der Waals surface area contributed by atoms with Crippen molar-refractivity contribution in [2.24, 2.45) is 16.9 Å². The number of tetrazole rings is 1. The summed E-state index contributed by atoms with van der Waals surface area (Å²) in [7, 11) is 0. The fourth-order valence-electron chi connectivity index (χ4n) is 4.70. The molecule has 1 aliphatic carbocycles. The third-order valence-corrected chi connectivity index (χ3v) is 7.18. The first-order valence-corrected chi connectivity index (χ1v) is 12.3. The van der Waals surface area contributed by atoms with Crippen molar-refractivity contribution >= 4 is 30.0 Å². The first-order chi connectivity index (χ1) is 17.8. The van der Waals surface area contributed by atoms with E-state index in [4.69, 9.17) is 16.6 Å². The Morgan fingerprint density at radius 1 is 1.30 bits per heavy atom. The summed E-state index contributed by atoms with van der Waals surface area (Å²) in [6.07, 6.45) is 2.99. The molecule has 2 N–H and O–H groups in total. The van der Waals surface area contributed by atoms with Gasteiger partial charge in [0.25, 0.3) is 0 Å². The Morgan fingerprint density at radius 3 is 2.76 bits per heavy atom. The fourth-order valence-corrected chi connectivity index (χ4v) is 4.90. The number of aliphatic hydroxyl groups excluding tert-OH is 1. The number of nitrogens with zero attached hydrogens (tertiary/aromatic N) is 8. The van der Waals surface area contributed by atoms with Crippen LogP contribution in [-0.4, -0.2) is 67.1 Å². The van der Waals surface area contributed by atoms with Crippen molar-refractivity contribution in [2.75, 3.05) is 18.0 Å². The zero-order chi connectivity index (χ0) is 26.1. The van der Waals surface area contributed by atoms with E-state index < -0.39 is 0 Å². The number of halogens is 1. The largest absolute Gasteiger partial charge is 0.392 e. The SMILES string of the molecule is C=NN(/C=C(\C)C(=O)NCc1cc(Cl)ccc1-n1cnnn1)Cc1ccc(N2CC3[C@@H](O)[C@@H]3C2)nc1C. The van der Waals surface area contributed by atoms with Gasteiger partial charge in [-0.05, 0) is 59.7 Å². The summed E-state index contributed by atoms with van der Waals surface area (Å²) in [5.41, 5.74) is 3.83. The molecule has 12 heteroatoms. The quantitative estimate of drug-likeness (QED) is 0.249. The fraction of sp³-hybridized carbons (Fsp3) is 0.360. The first kappa shape index (κ1) is 24.8. The van der Waals surface area contributed by atoms with Crippen molar-refractivity contribution in [3.8, 4) is 5.69 Å². The lowest BCUT2D eigenvalue weighted by molar-refractivity contribution is -0.117. The number of aromatic nitrogens is 5. The topological polar surface area (TPSA) is 125 Å². The normalized spacial score (nSPS) is 20.5. The van der Waals surface area contributed by atoms with E-state index in [1.165, 1.54) is 11.0 Å². The maximum absolute atomic E-state index is 12.8. The molecule has 3 atom stereocenters. The molecule has 2 fully saturated rings. The van der Waals surface area contributed by atoms with Gasteiger partial charge in [-0.3, -0.25) is 9.80 Å². The third kappa shape index (κ3) is 5.32. The van der Waals surface area contributed by atoms with Crippen LogP contribution in [0.1, 0.15) is 23.7 Å². The highest BCUT2D eigenvalue weighted by Gasteiger charge is 2.55. The molecule has 0 spiro atoms. The van der Waals surface area contributed by atoms with E-state index in [9.17, 15) is 9.90 Å². The smallest absolute Gasteiger partial charge is 0.248 e. The van der Waals surface area contributed by atoms with Crippen LogP contribution < -0.4 is 10.2 Å². The van der Waals surface area contributed by atoms with E-state index in [0.29, 0.717) is 29.0 Å². The van der Waals surface area contributed by atoms with Gasteiger partial charge < -0.3 is 15.3 Å². The first-order valence-electron chi connectivity index (χ1n) is 11.9. The van der Waals surface area contributed by atoms with Crippen molar-refractivity contribution in [3.63, 3.8) is 0 Å². The molecule has 1 amide bonds. The predicted molar refractivity (Wildman–Crippen MR) is 139 cm³/mol. The second kappa shape index (κ2) is 10.3. The van der Waals surface area contributed by atoms with Crippen LogP contribution in [0, 0.1) is 18.8 Å². The standard InChI is InChI=1S/C25H28ClN9O2/c1-15(25(37)28-9-18-8-19(26)5-6-22(18)35-14-29-31-32-35)10-34(27-3)11-17-4-7-23(30-16(17)2)33-12-20-21(13-33)24(20)36/h4-8,10,14,20-21,24,36H,3,9,11-13H2,1-2H3,(H,28,37)/b15-10+/t20-,21?,24+/m1/s1. The molecule has 37 heavy (non-hydrogen) atoms. The van der Waals surface area contributed by atoms with Gasteiger partial charge in [0.2, 0.25) is 5.91 Å². The highest BCUT2D eigenvalue weighted by atomic mass is 35.5. The Labute approximate surface area is 219 Å². The zero-order valence-electron chi connectivity index (χ0n) is 20.6. The van der Waals surface area contributed by atoms with Crippen molar-refractivity contribution in [1.82, 2.24) is 35.5 Å². The number of benzene rings is 1. The van der Waals surface area contributed by atoms with Gasteiger partial charge in [-0.15, -0.1) is 5.10 Å². The number of carbonyl (C=O) groups is 1. The van der Waals surface area contributed by atoms with Crippen LogP contribution in [0.2, 0.25) is 5.02 Å². The van der Waals surface area contributed by atoms with Crippen LogP contribution in [0.5, 0.6) is 0 Å². The molecule has 1 aliphatic heterocycles. The van der Waals surface area contributed by atoms with Crippen LogP contribution >= 0.6 is 11.6 Å². The van der Waals surface area contributed by atoms with Gasteiger partial charge >= 0.3 is 0 Å². The van der Waals surface area contributed by atoms with Gasteiger partial charge in [-0.1, -0.05) is 17.7 Å². The maximum atomic E-state index is 12.8. The molecule has 0 bridgehead atoms. The molecular weight excluding hydrogens is 494 g/mol. The summed E-state index contributed by atoms with van der Waals surface area (Å²) in [5.74, 6) is 1.43. The number of piperidine rings is 1. The van der Waals surface area contributed by atoms with Crippen LogP contribution in [0.15, 0.2) is 53.5 Å². The van der Waals surface area contributed by atoms with Gasteiger partial charge in [0.05, 0.1) is 18.3 Å². The Bertz CT molecular complexity index is 1330. The number of carbonyl (C=O) groups excluding carboxylic acids is 1. The average molecular weight is 522 g/mol. The Hall–Kier alpha value is -3.83. The van der Waals surface area contributed by atoms with Gasteiger partial charge in [0, 0.05) is 60.7 Å². The molecule has 2 aromatic heterocycles. The molecule has 1 unspecified atom stereocenters. The van der Waals surface area contributed by atoms with Crippen LogP contribution in [-0.2, 0) is 17.9 Å². The molecular formula is C25H28ClN9O2. The minimum atomic E-state index is -0.253. The number of aliphatic hydroxyl groups is 1. The lowest BCUT2D eigenvalue weighted by atomic mass is 10.1. The number of hydrogen-bond donors (Lipinski definition) is 2. The number of amides is 1. The van der Waals surface area contributed by atoms with Gasteiger partial charge in [-0.2, -0.15) is 5.10 Å². The van der Waals surface area contributed by atoms with Crippen LogP contribution in [0.25, 0.3) is 5.69 Å². The van der Waals surface area contributed by atoms with Crippen molar-refractivity contribution < 1.29 is 9.90 Å². The number of fused-ring (bicyclic) bond motifs is 1. The molecule has 2 aliphatic rings. The molecule has 11 nitrogen and oxygen atoms in total. The number of aryl methyl sites for hydroxylation is 1. The Kier molecular flexibility index (Phi) is 6.90. The highest BCUT2D eigenvalue weighted by Crippen LogP contribution is 2.46. The van der Waals surface area contributed by atoms with Gasteiger partial charge in [-0.25, -0.2) is 9.67 Å². The average Bonchev–Trinajstić information content (AvgIpc) is 3.31. The number of hydrogen-bond acceptors (Lipinski definition) is 9. The minimum Gasteiger partial charge on any atom is -0.392 e. The molecule has 1 saturated heterocycles. The molecule has 3 heterocycles. The number of rotatable bonds is 9. The summed E-state index contributed by atoms with van der Waals surface area (Å²) >= 11 is 6.17. The summed E-state index contributed by atoms with van der Waals surface area (Å²) < 4.78 is 1.52. The lowest BCUT2D eigenvalue weighted by Gasteiger charge is -2.22. The summed E-state index contributed by atoms with van der Waals surface area (Å²) in [6, 6.07) is 9.33. The highest BCUT2D eigenvalue weighted by molar-refractivity contribution is 6.30. The monoisotopic (exact) mass is 521 g/mol. The second-order valence-electron chi connectivity index (χ2n) is 9.40. The summed E-state index contributed by atoms with van der Waals surface area (Å²) in [4.78, 5) is 19.8. The Balaban J connectivity index is 1.21. The number of pyridine rings is 1. The number of anilines is 1. The van der Waals surface area contributed by atoms with E-state index in [1.807, 2.05) is 19.1 Å². The van der Waals surface area contributed by atoms with Crippen LogP contribution in [0.3, 0.4) is 0 Å². The molecule has 0 radical (unpaired) electrons. The van der Waals surface area contributed by atoms with E-state index in [0.717, 1.165) is 41.4 Å². The molecule has 5 rings (SSSR count). The van der Waals surface area contributed by atoms with E-state index in [2.05, 4.69) is 37.6 Å². The second-order valence-corrected chi connectivity index (χ2v) is 9.83. The van der Waals surface area contributed by atoms with Gasteiger partial charge in [0.15, 0.2) is 0 Å². The number of nitrogens with one attached hydrogen (secondary N) is 1. The summed E-state index contributed by atoms with van der Waals surface area (Å²) in [5, 5.41) is 30.2. The van der Waals surface area contributed by atoms with E-state index >= 15 is 0 Å². The Morgan fingerprint density at radius 2 is 2.08 bits per heavy atom. The van der Waals surface area contributed by atoms with Crippen molar-refractivity contribution in [3.05, 3.63) is 70.3 Å². The van der Waals surface area contributed by atoms with E-state index in [-0.39, 0.29) is 18.6 Å². The van der Waals surface area contributed by atoms with Gasteiger partial charge in [0.1, 0.15) is 12.1 Å². The third-order valence-electron chi connectivity index (χ3n) is 6.94. The van der Waals surface area contributed by atoms with Crippen LogP contribution in [0.4, 0.5) is 5.82 Å². The molecule has 1 aromatic carbocycles. The van der Waals surface area contributed by atoms with Crippen molar-refractivity contribution in [2.45, 2.75) is 33.0 Å². The maximum Gasteiger partial charge on any atom is 0.248 e. The molecule has 1 saturated carbocycles. The molecule has 192 valence electrons. The minimum absolute atomic E-state index is 0.144.